The third-order valence-electron chi connectivity index (χ3n) is 2.81. The highest BCUT2D eigenvalue weighted by molar-refractivity contribution is 5.74. The molecule has 16 heavy (non-hydrogen) atoms. The average Bonchev–Trinajstić information content (AvgIpc) is 2.26. The lowest BCUT2D eigenvalue weighted by Gasteiger charge is -2.31. The molecule has 2 amide bonds. The molecular formula is C11H22N2O3. The number of carbonyl (C=O) groups excluding carboxylic acids is 1. The second-order valence-electron chi connectivity index (χ2n) is 4.37. The fourth-order valence-electron chi connectivity index (χ4n) is 1.81. The maximum Gasteiger partial charge on any atom is 0.317 e. The first-order chi connectivity index (χ1) is 7.63. The molecule has 0 bridgehead atoms. The number of piperidine rings is 1. The van der Waals surface area contributed by atoms with Gasteiger partial charge in [-0.2, -0.15) is 0 Å². The van der Waals surface area contributed by atoms with Crippen LogP contribution >= 0.6 is 0 Å². The summed E-state index contributed by atoms with van der Waals surface area (Å²) in [6.45, 7) is 3.78. The normalized spacial score (nSPS) is 22.9. The summed E-state index contributed by atoms with van der Waals surface area (Å²) in [4.78, 5) is 13.5. The Morgan fingerprint density at radius 2 is 2.44 bits per heavy atom. The van der Waals surface area contributed by atoms with E-state index in [2.05, 4.69) is 5.32 Å². The summed E-state index contributed by atoms with van der Waals surface area (Å²) in [6.07, 6.45) is 2.11. The van der Waals surface area contributed by atoms with E-state index in [0.29, 0.717) is 13.2 Å². The highest BCUT2D eigenvalue weighted by atomic mass is 16.5. The number of methoxy groups -OCH3 is 1. The zero-order valence-corrected chi connectivity index (χ0v) is 10.1. The van der Waals surface area contributed by atoms with Crippen LogP contribution in [0, 0.1) is 0 Å². The van der Waals surface area contributed by atoms with Gasteiger partial charge in [0, 0.05) is 32.8 Å². The quantitative estimate of drug-likeness (QED) is 0.742. The molecule has 94 valence electrons. The number of likely N-dealkylation sites (tertiary alicyclic amines) is 1. The first kappa shape index (κ1) is 13.3. The third kappa shape index (κ3) is 4.37. The molecule has 0 aliphatic carbocycles. The van der Waals surface area contributed by atoms with Crippen molar-refractivity contribution in [2.24, 2.45) is 0 Å². The average molecular weight is 230 g/mol. The molecule has 0 aromatic heterocycles. The van der Waals surface area contributed by atoms with Crippen LogP contribution in [0.25, 0.3) is 0 Å². The van der Waals surface area contributed by atoms with Gasteiger partial charge in [0.25, 0.3) is 0 Å². The van der Waals surface area contributed by atoms with Crippen molar-refractivity contribution in [3.05, 3.63) is 0 Å². The minimum atomic E-state index is -0.367. The number of ether oxygens (including phenoxy) is 1. The van der Waals surface area contributed by atoms with Crippen LogP contribution < -0.4 is 5.32 Å². The third-order valence-corrected chi connectivity index (χ3v) is 2.81. The molecule has 5 heteroatoms. The van der Waals surface area contributed by atoms with Crippen molar-refractivity contribution >= 4 is 6.03 Å². The van der Waals surface area contributed by atoms with Crippen molar-refractivity contribution in [2.75, 3.05) is 26.8 Å². The molecule has 0 spiro atoms. The summed E-state index contributed by atoms with van der Waals surface area (Å²) >= 11 is 0. The molecule has 0 radical (unpaired) electrons. The predicted molar refractivity (Wildman–Crippen MR) is 61.3 cm³/mol. The SMILES string of the molecule is COCCC(C)NC(=O)N1CCCC(O)C1. The van der Waals surface area contributed by atoms with E-state index >= 15 is 0 Å². The van der Waals surface area contributed by atoms with E-state index in [1.54, 1.807) is 12.0 Å². The molecule has 0 saturated carbocycles. The largest absolute Gasteiger partial charge is 0.391 e. The molecule has 1 heterocycles. The molecule has 2 unspecified atom stereocenters. The second-order valence-corrected chi connectivity index (χ2v) is 4.37. The lowest BCUT2D eigenvalue weighted by atomic mass is 10.1. The number of β-amino-alcohol motifs (C(OH)–C–C–N with tert-alkyl or cyclic N) is 1. The van der Waals surface area contributed by atoms with Crippen molar-refractivity contribution in [3.63, 3.8) is 0 Å². The van der Waals surface area contributed by atoms with E-state index in [-0.39, 0.29) is 18.2 Å². The Bertz CT molecular complexity index is 223. The molecule has 0 aromatic carbocycles. The number of nitrogens with zero attached hydrogens (tertiary/aromatic N) is 1. The molecular weight excluding hydrogens is 208 g/mol. The van der Waals surface area contributed by atoms with Gasteiger partial charge < -0.3 is 20.1 Å². The minimum absolute atomic E-state index is 0.0812. The number of carbonyl (C=O) groups is 1. The van der Waals surface area contributed by atoms with Gasteiger partial charge in [0.1, 0.15) is 0 Å². The molecule has 1 fully saturated rings. The Labute approximate surface area is 96.8 Å². The van der Waals surface area contributed by atoms with Crippen molar-refractivity contribution < 1.29 is 14.6 Å². The number of urea groups is 1. The van der Waals surface area contributed by atoms with Crippen LogP contribution in [0.4, 0.5) is 4.79 Å². The molecule has 1 aliphatic rings. The number of hydrogen-bond acceptors (Lipinski definition) is 3. The first-order valence-electron chi connectivity index (χ1n) is 5.86. The maximum atomic E-state index is 11.8. The van der Waals surface area contributed by atoms with Crippen LogP contribution in [-0.4, -0.2) is 55.0 Å². The zero-order chi connectivity index (χ0) is 12.0. The van der Waals surface area contributed by atoms with Crippen molar-refractivity contribution in [2.45, 2.75) is 38.3 Å². The number of aliphatic hydroxyl groups is 1. The Hall–Kier alpha value is -0.810. The fraction of sp³-hybridized carbons (Fsp3) is 0.909. The summed E-state index contributed by atoms with van der Waals surface area (Å²) in [7, 11) is 1.65. The van der Waals surface area contributed by atoms with Gasteiger partial charge >= 0.3 is 6.03 Å². The second kappa shape index (κ2) is 6.70. The summed E-state index contributed by atoms with van der Waals surface area (Å²) < 4.78 is 4.95. The highest BCUT2D eigenvalue weighted by Gasteiger charge is 2.22. The summed E-state index contributed by atoms with van der Waals surface area (Å²) in [5.41, 5.74) is 0. The van der Waals surface area contributed by atoms with Gasteiger partial charge in [-0.3, -0.25) is 0 Å². The minimum Gasteiger partial charge on any atom is -0.391 e. The summed E-state index contributed by atoms with van der Waals surface area (Å²) in [5, 5.41) is 12.4. The van der Waals surface area contributed by atoms with Gasteiger partial charge in [0.05, 0.1) is 6.10 Å². The Morgan fingerprint density at radius 3 is 3.06 bits per heavy atom. The Kier molecular flexibility index (Phi) is 5.55. The summed E-state index contributed by atoms with van der Waals surface area (Å²) in [6, 6.07) is 0.0221. The van der Waals surface area contributed by atoms with Crippen LogP contribution in [0.2, 0.25) is 0 Å². The Morgan fingerprint density at radius 1 is 1.69 bits per heavy atom. The van der Waals surface area contributed by atoms with Crippen molar-refractivity contribution in [1.82, 2.24) is 10.2 Å². The standard InChI is InChI=1S/C11H22N2O3/c1-9(5-7-16-2)12-11(15)13-6-3-4-10(14)8-13/h9-10,14H,3-8H2,1-2H3,(H,12,15). The first-order valence-corrected chi connectivity index (χ1v) is 5.86. The van der Waals surface area contributed by atoms with Gasteiger partial charge in [-0.05, 0) is 26.2 Å². The smallest absolute Gasteiger partial charge is 0.317 e. The van der Waals surface area contributed by atoms with Crippen LogP contribution in [0.3, 0.4) is 0 Å². The molecule has 1 aliphatic heterocycles. The molecule has 2 N–H and O–H groups in total. The predicted octanol–water partition coefficient (Wildman–Crippen LogP) is 0.578. The summed E-state index contributed by atoms with van der Waals surface area (Å²) in [5.74, 6) is 0. The van der Waals surface area contributed by atoms with Gasteiger partial charge in [0.2, 0.25) is 0 Å². The van der Waals surface area contributed by atoms with Crippen LogP contribution in [-0.2, 0) is 4.74 Å². The van der Waals surface area contributed by atoms with Crippen molar-refractivity contribution in [3.8, 4) is 0 Å². The van der Waals surface area contributed by atoms with Gasteiger partial charge in [-0.15, -0.1) is 0 Å². The van der Waals surface area contributed by atoms with E-state index in [9.17, 15) is 9.90 Å². The topological polar surface area (TPSA) is 61.8 Å². The van der Waals surface area contributed by atoms with Crippen molar-refractivity contribution in [1.29, 1.82) is 0 Å². The zero-order valence-electron chi connectivity index (χ0n) is 10.1. The molecule has 1 rings (SSSR count). The Balaban J connectivity index is 2.27. The van der Waals surface area contributed by atoms with Gasteiger partial charge in [-0.1, -0.05) is 0 Å². The van der Waals surface area contributed by atoms with E-state index in [1.807, 2.05) is 6.92 Å². The molecule has 1 saturated heterocycles. The van der Waals surface area contributed by atoms with Gasteiger partial charge in [-0.25, -0.2) is 4.79 Å². The molecule has 2 atom stereocenters. The monoisotopic (exact) mass is 230 g/mol. The fourth-order valence-corrected chi connectivity index (χ4v) is 1.81. The number of nitrogens with one attached hydrogen (secondary N) is 1. The number of aliphatic hydroxyl groups excluding tert-OH is 1. The molecule has 0 aromatic rings. The van der Waals surface area contributed by atoms with Crippen LogP contribution in [0.15, 0.2) is 0 Å². The maximum absolute atomic E-state index is 11.8. The van der Waals surface area contributed by atoms with E-state index < -0.39 is 0 Å². The number of amides is 2. The molecule has 5 nitrogen and oxygen atoms in total. The lowest BCUT2D eigenvalue weighted by Crippen LogP contribution is -2.49. The van der Waals surface area contributed by atoms with E-state index in [1.165, 1.54) is 0 Å². The highest BCUT2D eigenvalue weighted by Crippen LogP contribution is 2.09. The number of rotatable bonds is 4. The lowest BCUT2D eigenvalue weighted by molar-refractivity contribution is 0.0829. The van der Waals surface area contributed by atoms with Crippen LogP contribution in [0.1, 0.15) is 26.2 Å². The van der Waals surface area contributed by atoms with Crippen LogP contribution in [0.5, 0.6) is 0 Å². The van der Waals surface area contributed by atoms with E-state index in [0.717, 1.165) is 25.8 Å². The number of hydrogen-bond donors (Lipinski definition) is 2. The van der Waals surface area contributed by atoms with E-state index in [4.69, 9.17) is 4.74 Å². The van der Waals surface area contributed by atoms with Gasteiger partial charge in [0.15, 0.2) is 0 Å².